The van der Waals surface area contributed by atoms with Crippen molar-refractivity contribution in [2.24, 2.45) is 0 Å². The van der Waals surface area contributed by atoms with Crippen molar-refractivity contribution in [2.45, 2.75) is 32.8 Å². The number of rotatable bonds is 5. The van der Waals surface area contributed by atoms with E-state index < -0.39 is 11.9 Å². The van der Waals surface area contributed by atoms with Crippen LogP contribution in [0.25, 0.3) is 0 Å². The molecule has 4 heteroatoms. The zero-order chi connectivity index (χ0) is 16.1. The normalized spacial score (nSPS) is 12.0. The van der Waals surface area contributed by atoms with Crippen LogP contribution in [0.4, 0.5) is 10.1 Å². The first-order chi connectivity index (χ1) is 10.5. The van der Waals surface area contributed by atoms with E-state index in [0.29, 0.717) is 5.56 Å². The number of para-hydroxylation sites is 1. The number of nitrogens with one attached hydrogen (secondary N) is 1. The maximum absolute atomic E-state index is 13.2. The van der Waals surface area contributed by atoms with Crippen LogP contribution in [-0.2, 0) is 11.2 Å². The number of carbonyl (C=O) groups excluding carboxylic acids is 1. The van der Waals surface area contributed by atoms with Gasteiger partial charge in [-0.3, -0.25) is 4.79 Å². The highest BCUT2D eigenvalue weighted by Crippen LogP contribution is 2.23. The van der Waals surface area contributed by atoms with Crippen LogP contribution in [0.3, 0.4) is 0 Å². The lowest BCUT2D eigenvalue weighted by molar-refractivity contribution is -0.118. The highest BCUT2D eigenvalue weighted by molar-refractivity contribution is 5.92. The molecule has 0 radical (unpaired) electrons. The third kappa shape index (κ3) is 3.92. The average molecular weight is 301 g/mol. The molecule has 0 fully saturated rings. The average Bonchev–Trinajstić information content (AvgIpc) is 2.49. The largest absolute Gasteiger partial charge is 0.388 e. The molecule has 0 aliphatic carbocycles. The first kappa shape index (κ1) is 16.2. The fraction of sp³-hybridized carbons (Fsp3) is 0.278. The van der Waals surface area contributed by atoms with Crippen LogP contribution in [0.1, 0.15) is 36.1 Å². The number of benzene rings is 2. The quantitative estimate of drug-likeness (QED) is 0.883. The van der Waals surface area contributed by atoms with E-state index in [-0.39, 0.29) is 12.3 Å². The molecule has 1 amide bonds. The third-order valence-corrected chi connectivity index (χ3v) is 3.62. The number of aliphatic hydroxyl groups is 1. The van der Waals surface area contributed by atoms with Crippen LogP contribution in [0, 0.1) is 12.7 Å². The molecule has 1 atom stereocenters. The fourth-order valence-electron chi connectivity index (χ4n) is 2.40. The standard InChI is InChI=1S/C18H20FNO2/c1-3-13-7-4-6-12(2)18(13)20-17(22)11-16(21)14-8-5-9-15(19)10-14/h4-10,16,21H,3,11H2,1-2H3,(H,20,22). The summed E-state index contributed by atoms with van der Waals surface area (Å²) in [4.78, 5) is 12.1. The fourth-order valence-corrected chi connectivity index (χ4v) is 2.40. The molecule has 0 spiro atoms. The molecular formula is C18H20FNO2. The first-order valence-corrected chi connectivity index (χ1v) is 7.33. The highest BCUT2D eigenvalue weighted by atomic mass is 19.1. The minimum Gasteiger partial charge on any atom is -0.388 e. The number of anilines is 1. The van der Waals surface area contributed by atoms with Crippen molar-refractivity contribution < 1.29 is 14.3 Å². The summed E-state index contributed by atoms with van der Waals surface area (Å²) < 4.78 is 13.2. The van der Waals surface area contributed by atoms with Gasteiger partial charge in [0.2, 0.25) is 5.91 Å². The molecule has 1 unspecified atom stereocenters. The molecule has 2 rings (SSSR count). The van der Waals surface area contributed by atoms with E-state index in [2.05, 4.69) is 5.32 Å². The van der Waals surface area contributed by atoms with E-state index in [1.54, 1.807) is 6.07 Å². The number of hydrogen-bond donors (Lipinski definition) is 2. The molecule has 3 nitrogen and oxygen atoms in total. The van der Waals surface area contributed by atoms with Gasteiger partial charge < -0.3 is 10.4 Å². The van der Waals surface area contributed by atoms with Crippen molar-refractivity contribution in [1.29, 1.82) is 0 Å². The third-order valence-electron chi connectivity index (χ3n) is 3.62. The van der Waals surface area contributed by atoms with E-state index in [0.717, 1.165) is 23.2 Å². The number of amides is 1. The van der Waals surface area contributed by atoms with Crippen LogP contribution >= 0.6 is 0 Å². The molecule has 22 heavy (non-hydrogen) atoms. The van der Waals surface area contributed by atoms with E-state index in [9.17, 15) is 14.3 Å². The van der Waals surface area contributed by atoms with Gasteiger partial charge in [0.25, 0.3) is 0 Å². The molecule has 2 aromatic rings. The monoisotopic (exact) mass is 301 g/mol. The molecule has 0 aliphatic heterocycles. The van der Waals surface area contributed by atoms with Gasteiger partial charge >= 0.3 is 0 Å². The summed E-state index contributed by atoms with van der Waals surface area (Å²) in [5.74, 6) is -0.718. The number of aryl methyl sites for hydroxylation is 2. The van der Waals surface area contributed by atoms with Crippen molar-refractivity contribution in [3.05, 3.63) is 65.0 Å². The molecule has 116 valence electrons. The van der Waals surface area contributed by atoms with Crippen molar-refractivity contribution in [3.8, 4) is 0 Å². The summed E-state index contributed by atoms with van der Waals surface area (Å²) in [6.07, 6.45) is -0.324. The minimum atomic E-state index is -1.02. The lowest BCUT2D eigenvalue weighted by atomic mass is 10.0. The molecule has 0 saturated carbocycles. The predicted molar refractivity (Wildman–Crippen MR) is 85.2 cm³/mol. The maximum Gasteiger partial charge on any atom is 0.227 e. The first-order valence-electron chi connectivity index (χ1n) is 7.33. The molecule has 0 heterocycles. The molecular weight excluding hydrogens is 281 g/mol. The van der Waals surface area contributed by atoms with Crippen molar-refractivity contribution in [1.82, 2.24) is 0 Å². The summed E-state index contributed by atoms with van der Waals surface area (Å²) >= 11 is 0. The number of carbonyl (C=O) groups is 1. The summed E-state index contributed by atoms with van der Waals surface area (Å²) in [7, 11) is 0. The summed E-state index contributed by atoms with van der Waals surface area (Å²) in [5, 5.41) is 12.9. The van der Waals surface area contributed by atoms with Crippen molar-refractivity contribution in [2.75, 3.05) is 5.32 Å². The van der Waals surface area contributed by atoms with E-state index in [1.165, 1.54) is 18.2 Å². The Kier molecular flexibility index (Phi) is 5.28. The molecule has 0 saturated heterocycles. The minimum absolute atomic E-state index is 0.110. The predicted octanol–water partition coefficient (Wildman–Crippen LogP) is 3.76. The van der Waals surface area contributed by atoms with E-state index in [4.69, 9.17) is 0 Å². The van der Waals surface area contributed by atoms with Gasteiger partial charge in [-0.25, -0.2) is 4.39 Å². The maximum atomic E-state index is 13.2. The Morgan fingerprint density at radius 1 is 1.27 bits per heavy atom. The topological polar surface area (TPSA) is 49.3 Å². The highest BCUT2D eigenvalue weighted by Gasteiger charge is 2.15. The van der Waals surface area contributed by atoms with Crippen LogP contribution in [0.15, 0.2) is 42.5 Å². The number of aliphatic hydroxyl groups excluding tert-OH is 1. The van der Waals surface area contributed by atoms with Crippen LogP contribution in [0.2, 0.25) is 0 Å². The van der Waals surface area contributed by atoms with Gasteiger partial charge in [-0.1, -0.05) is 37.3 Å². The second-order valence-corrected chi connectivity index (χ2v) is 5.29. The smallest absolute Gasteiger partial charge is 0.227 e. The Hall–Kier alpha value is -2.20. The molecule has 0 bridgehead atoms. The lowest BCUT2D eigenvalue weighted by Gasteiger charge is -2.15. The van der Waals surface area contributed by atoms with E-state index in [1.807, 2.05) is 32.0 Å². The SMILES string of the molecule is CCc1cccc(C)c1NC(=O)CC(O)c1cccc(F)c1. The van der Waals surface area contributed by atoms with Crippen molar-refractivity contribution in [3.63, 3.8) is 0 Å². The zero-order valence-electron chi connectivity index (χ0n) is 12.8. The Morgan fingerprint density at radius 2 is 2.00 bits per heavy atom. The van der Waals surface area contributed by atoms with E-state index >= 15 is 0 Å². The molecule has 0 aliphatic rings. The van der Waals surface area contributed by atoms with Gasteiger partial charge in [0.05, 0.1) is 12.5 Å². The van der Waals surface area contributed by atoms with Gasteiger partial charge in [-0.05, 0) is 42.2 Å². The van der Waals surface area contributed by atoms with Crippen LogP contribution in [-0.4, -0.2) is 11.0 Å². The Bertz CT molecular complexity index is 670. The molecule has 2 aromatic carbocycles. The van der Waals surface area contributed by atoms with Gasteiger partial charge in [-0.2, -0.15) is 0 Å². The summed E-state index contributed by atoms with van der Waals surface area (Å²) in [6.45, 7) is 3.95. The molecule has 2 N–H and O–H groups in total. The molecule has 0 aromatic heterocycles. The number of halogens is 1. The van der Waals surface area contributed by atoms with Gasteiger partial charge in [0.1, 0.15) is 5.82 Å². The Morgan fingerprint density at radius 3 is 2.68 bits per heavy atom. The lowest BCUT2D eigenvalue weighted by Crippen LogP contribution is -2.17. The van der Waals surface area contributed by atoms with Gasteiger partial charge in [-0.15, -0.1) is 0 Å². The van der Waals surface area contributed by atoms with Crippen molar-refractivity contribution >= 4 is 11.6 Å². The van der Waals surface area contributed by atoms with Crippen LogP contribution < -0.4 is 5.32 Å². The Labute approximate surface area is 129 Å². The second-order valence-electron chi connectivity index (χ2n) is 5.29. The second kappa shape index (κ2) is 7.18. The van der Waals surface area contributed by atoms with Gasteiger partial charge in [0.15, 0.2) is 0 Å². The Balaban J connectivity index is 2.07. The van der Waals surface area contributed by atoms with Gasteiger partial charge in [0, 0.05) is 5.69 Å². The number of hydrogen-bond acceptors (Lipinski definition) is 2. The summed E-state index contributed by atoms with van der Waals surface area (Å²) in [5.41, 5.74) is 3.22. The summed E-state index contributed by atoms with van der Waals surface area (Å²) in [6, 6.07) is 11.5. The zero-order valence-corrected chi connectivity index (χ0v) is 12.8. The van der Waals surface area contributed by atoms with Crippen LogP contribution in [0.5, 0.6) is 0 Å².